The number of aromatic amines is 1. The zero-order valence-corrected chi connectivity index (χ0v) is 17.5. The van der Waals surface area contributed by atoms with Crippen molar-refractivity contribution in [3.05, 3.63) is 64.8 Å². The Kier molecular flexibility index (Phi) is 3.71. The average molecular weight is 389 g/mol. The molecule has 2 atom stereocenters. The van der Waals surface area contributed by atoms with Gasteiger partial charge in [0, 0.05) is 35.1 Å². The van der Waals surface area contributed by atoms with Crippen molar-refractivity contribution < 1.29 is 9.90 Å². The Morgan fingerprint density at radius 1 is 1.21 bits per heavy atom. The van der Waals surface area contributed by atoms with Gasteiger partial charge in [0.25, 0.3) is 5.91 Å². The molecular weight excluding hydrogens is 360 g/mol. The fourth-order valence-electron chi connectivity index (χ4n) is 5.74. The second-order valence-corrected chi connectivity index (χ2v) is 9.58. The van der Waals surface area contributed by atoms with E-state index < -0.39 is 0 Å². The largest absolute Gasteiger partial charge is 0.508 e. The van der Waals surface area contributed by atoms with E-state index >= 15 is 0 Å². The Morgan fingerprint density at radius 2 is 2.00 bits per heavy atom. The summed E-state index contributed by atoms with van der Waals surface area (Å²) in [7, 11) is 0. The van der Waals surface area contributed by atoms with Crippen molar-refractivity contribution in [2.75, 3.05) is 6.54 Å². The van der Waals surface area contributed by atoms with Gasteiger partial charge in [0.15, 0.2) is 0 Å². The zero-order valence-electron chi connectivity index (χ0n) is 17.5. The van der Waals surface area contributed by atoms with E-state index in [0.717, 1.165) is 40.6 Å². The summed E-state index contributed by atoms with van der Waals surface area (Å²) in [6.45, 7) is 9.65. The number of fused-ring (bicyclic) bond motifs is 5. The van der Waals surface area contributed by atoms with E-state index in [1.165, 1.54) is 5.56 Å². The number of nitrogens with zero attached hydrogens (tertiary/aromatic N) is 1. The van der Waals surface area contributed by atoms with Crippen LogP contribution < -0.4 is 0 Å². The van der Waals surface area contributed by atoms with E-state index in [1.54, 1.807) is 6.07 Å². The number of rotatable bonds is 1. The number of phenols is 1. The first-order valence-electron chi connectivity index (χ1n) is 10.4. The number of nitrogens with one attached hydrogen (secondary N) is 1. The van der Waals surface area contributed by atoms with E-state index in [1.807, 2.05) is 18.3 Å². The zero-order chi connectivity index (χ0) is 20.6. The molecule has 0 radical (unpaired) electrons. The van der Waals surface area contributed by atoms with Gasteiger partial charge in [0.1, 0.15) is 5.75 Å². The van der Waals surface area contributed by atoms with Gasteiger partial charge in [-0.1, -0.05) is 44.5 Å². The van der Waals surface area contributed by atoms with Gasteiger partial charge < -0.3 is 15.0 Å². The number of piperidine rings is 1. The van der Waals surface area contributed by atoms with Crippen LogP contribution in [-0.4, -0.2) is 33.5 Å². The Hall–Kier alpha value is -2.75. The number of phenolic OH excluding ortho intramolecular Hbond substituents is 1. The van der Waals surface area contributed by atoms with Crippen LogP contribution in [0.15, 0.2) is 42.6 Å². The summed E-state index contributed by atoms with van der Waals surface area (Å²) in [5.74, 6) is 0.437. The van der Waals surface area contributed by atoms with Gasteiger partial charge in [0.2, 0.25) is 0 Å². The highest BCUT2D eigenvalue weighted by Gasteiger charge is 2.57. The molecule has 1 amide bonds. The van der Waals surface area contributed by atoms with Crippen LogP contribution in [-0.2, 0) is 11.8 Å². The van der Waals surface area contributed by atoms with Gasteiger partial charge in [-0.2, -0.15) is 0 Å². The number of hydrogen-bond acceptors (Lipinski definition) is 2. The maximum Gasteiger partial charge on any atom is 0.256 e. The third-order valence-corrected chi connectivity index (χ3v) is 7.96. The third-order valence-electron chi connectivity index (χ3n) is 7.96. The van der Waals surface area contributed by atoms with Crippen molar-refractivity contribution in [2.45, 2.75) is 52.0 Å². The smallest absolute Gasteiger partial charge is 0.256 e. The molecule has 1 unspecified atom stereocenters. The molecule has 29 heavy (non-hydrogen) atoms. The van der Waals surface area contributed by atoms with Crippen LogP contribution in [0, 0.1) is 12.3 Å². The minimum absolute atomic E-state index is 0.0457. The van der Waals surface area contributed by atoms with E-state index in [2.05, 4.69) is 55.8 Å². The van der Waals surface area contributed by atoms with Crippen LogP contribution in [0.25, 0.3) is 10.9 Å². The lowest BCUT2D eigenvalue weighted by Crippen LogP contribution is -2.64. The van der Waals surface area contributed by atoms with E-state index in [-0.39, 0.29) is 22.8 Å². The van der Waals surface area contributed by atoms with Crippen molar-refractivity contribution >= 4 is 16.8 Å². The van der Waals surface area contributed by atoms with Crippen LogP contribution in [0.2, 0.25) is 0 Å². The number of hydrogen-bond donors (Lipinski definition) is 2. The van der Waals surface area contributed by atoms with Crippen molar-refractivity contribution in [1.82, 2.24) is 9.88 Å². The maximum absolute atomic E-state index is 13.7. The van der Waals surface area contributed by atoms with Gasteiger partial charge in [-0.3, -0.25) is 4.79 Å². The van der Waals surface area contributed by atoms with Crippen LogP contribution in [0.1, 0.15) is 54.2 Å². The first-order valence-corrected chi connectivity index (χ1v) is 10.4. The third kappa shape index (κ3) is 2.35. The van der Waals surface area contributed by atoms with Crippen molar-refractivity contribution in [3.63, 3.8) is 0 Å². The summed E-state index contributed by atoms with van der Waals surface area (Å²) in [4.78, 5) is 19.0. The van der Waals surface area contributed by atoms with Gasteiger partial charge in [-0.05, 0) is 54.5 Å². The maximum atomic E-state index is 13.7. The molecule has 1 aliphatic heterocycles. The number of carbonyl (C=O) groups is 1. The molecule has 1 fully saturated rings. The molecule has 2 aliphatic rings. The summed E-state index contributed by atoms with van der Waals surface area (Å²) in [5.41, 5.74) is 4.97. The number of likely N-dealkylation sites (tertiary alicyclic amines) is 1. The Balaban J connectivity index is 1.61. The Morgan fingerprint density at radius 3 is 2.79 bits per heavy atom. The number of benzene rings is 2. The lowest BCUT2D eigenvalue weighted by molar-refractivity contribution is -0.0265. The Bertz CT molecular complexity index is 1140. The molecule has 2 bridgehead atoms. The molecule has 1 aromatic heterocycles. The summed E-state index contributed by atoms with van der Waals surface area (Å²) < 4.78 is 0. The average Bonchev–Trinajstić information content (AvgIpc) is 3.08. The highest BCUT2D eigenvalue weighted by atomic mass is 16.3. The fraction of sp³-hybridized carbons (Fsp3) is 0.400. The topological polar surface area (TPSA) is 56.3 Å². The molecule has 2 heterocycles. The van der Waals surface area contributed by atoms with Crippen LogP contribution >= 0.6 is 0 Å². The predicted molar refractivity (Wildman–Crippen MR) is 115 cm³/mol. The molecule has 0 spiro atoms. The first-order chi connectivity index (χ1) is 13.7. The summed E-state index contributed by atoms with van der Waals surface area (Å²) >= 11 is 0. The quantitative estimate of drug-likeness (QED) is 0.621. The van der Waals surface area contributed by atoms with Crippen molar-refractivity contribution in [1.29, 1.82) is 0 Å². The highest BCUT2D eigenvalue weighted by molar-refractivity contribution is 6.07. The highest BCUT2D eigenvalue weighted by Crippen LogP contribution is 2.57. The number of H-pyrrole nitrogens is 1. The number of aryl methyl sites for hydroxylation is 1. The number of amides is 1. The van der Waals surface area contributed by atoms with Gasteiger partial charge >= 0.3 is 0 Å². The minimum atomic E-state index is -0.0935. The number of carbonyl (C=O) groups excluding carboxylic acids is 1. The monoisotopic (exact) mass is 388 g/mol. The molecule has 0 saturated carbocycles. The molecule has 5 rings (SSSR count). The molecule has 1 saturated heterocycles. The summed E-state index contributed by atoms with van der Waals surface area (Å²) in [6.07, 6.45) is 3.43. The van der Waals surface area contributed by atoms with Crippen LogP contribution in [0.4, 0.5) is 0 Å². The molecule has 2 aromatic carbocycles. The molecule has 1 aliphatic carbocycles. The van der Waals surface area contributed by atoms with Crippen LogP contribution in [0.3, 0.4) is 0 Å². The van der Waals surface area contributed by atoms with Gasteiger partial charge in [0.05, 0.1) is 5.56 Å². The van der Waals surface area contributed by atoms with Crippen LogP contribution in [0.5, 0.6) is 5.75 Å². The second-order valence-electron chi connectivity index (χ2n) is 9.58. The predicted octanol–water partition coefficient (Wildman–Crippen LogP) is 4.94. The van der Waals surface area contributed by atoms with Gasteiger partial charge in [-0.25, -0.2) is 0 Å². The van der Waals surface area contributed by atoms with Crippen molar-refractivity contribution in [3.8, 4) is 5.75 Å². The summed E-state index contributed by atoms with van der Waals surface area (Å²) in [5, 5.41) is 11.6. The lowest BCUT2D eigenvalue weighted by atomic mass is 9.51. The molecule has 3 aromatic rings. The molecule has 4 heteroatoms. The molecule has 150 valence electrons. The van der Waals surface area contributed by atoms with Crippen molar-refractivity contribution in [2.24, 2.45) is 5.41 Å². The minimum Gasteiger partial charge on any atom is -0.508 e. The normalized spacial score (nSPS) is 25.1. The SMILES string of the molecule is Cc1ccc2[nH]cc(C(=O)N3CC[C@@]4(C)c5cccc(O)c5CC3C4(C)C)c2c1. The lowest BCUT2D eigenvalue weighted by Gasteiger charge is -2.60. The molecule has 2 N–H and O–H groups in total. The van der Waals surface area contributed by atoms with E-state index in [9.17, 15) is 9.90 Å². The fourth-order valence-corrected chi connectivity index (χ4v) is 5.74. The van der Waals surface area contributed by atoms with E-state index in [4.69, 9.17) is 0 Å². The standard InChI is InChI=1S/C25H28N2O2/c1-15-8-9-20-16(12-15)18(14-26-20)23(29)27-11-10-25(4)19-6-5-7-21(28)17(19)13-22(27)24(25,2)3/h5-9,12,14,22,26,28H,10-11,13H2,1-4H3/t22?,25-/m0/s1. The summed E-state index contributed by atoms with van der Waals surface area (Å²) in [6, 6.07) is 12.1. The van der Waals surface area contributed by atoms with Gasteiger partial charge in [-0.15, -0.1) is 0 Å². The van der Waals surface area contributed by atoms with E-state index in [0.29, 0.717) is 12.2 Å². The number of aromatic nitrogens is 1. The molecule has 4 nitrogen and oxygen atoms in total. The first kappa shape index (κ1) is 18.3. The Labute approximate surface area is 171 Å². The molecular formula is C25H28N2O2. The second kappa shape index (κ2) is 5.88. The number of aromatic hydroxyl groups is 1.